The van der Waals surface area contributed by atoms with Gasteiger partial charge < -0.3 is 10.2 Å². The van der Waals surface area contributed by atoms with E-state index in [2.05, 4.69) is 15.3 Å². The zero-order valence-electron chi connectivity index (χ0n) is 14.1. The number of nitrogens with one attached hydrogen (secondary N) is 1. The van der Waals surface area contributed by atoms with Crippen molar-refractivity contribution in [2.45, 2.75) is 46.7 Å². The quantitative estimate of drug-likeness (QED) is 0.906. The van der Waals surface area contributed by atoms with Crippen LogP contribution in [0.4, 0.5) is 0 Å². The van der Waals surface area contributed by atoms with Gasteiger partial charge in [0.25, 0.3) is 0 Å². The van der Waals surface area contributed by atoms with E-state index >= 15 is 0 Å². The fourth-order valence-electron chi connectivity index (χ4n) is 2.36. The SMILES string of the molecule is Cc1nccc(CNC(=O)[C@@H]2CSCN2C(=O)CC(C)(C)C)n1. The van der Waals surface area contributed by atoms with Crippen molar-refractivity contribution in [2.75, 3.05) is 11.6 Å². The number of aryl methyl sites for hydroxylation is 1. The zero-order chi connectivity index (χ0) is 17.0. The second-order valence-corrected chi connectivity index (χ2v) is 7.93. The zero-order valence-corrected chi connectivity index (χ0v) is 14.9. The van der Waals surface area contributed by atoms with Crippen molar-refractivity contribution >= 4 is 23.6 Å². The molecule has 7 heteroatoms. The molecule has 0 bridgehead atoms. The monoisotopic (exact) mass is 336 g/mol. The molecule has 0 aromatic carbocycles. The van der Waals surface area contributed by atoms with E-state index in [9.17, 15) is 9.59 Å². The Bertz CT molecular complexity index is 586. The van der Waals surface area contributed by atoms with E-state index in [0.717, 1.165) is 5.69 Å². The number of aromatic nitrogens is 2. The number of amides is 2. The third-order valence-electron chi connectivity index (χ3n) is 3.46. The van der Waals surface area contributed by atoms with E-state index in [0.29, 0.717) is 30.4 Å². The van der Waals surface area contributed by atoms with Crippen molar-refractivity contribution < 1.29 is 9.59 Å². The van der Waals surface area contributed by atoms with Gasteiger partial charge in [-0.2, -0.15) is 0 Å². The molecule has 6 nitrogen and oxygen atoms in total. The van der Waals surface area contributed by atoms with Gasteiger partial charge in [0.1, 0.15) is 11.9 Å². The van der Waals surface area contributed by atoms with E-state index < -0.39 is 6.04 Å². The molecule has 1 aliphatic rings. The summed E-state index contributed by atoms with van der Waals surface area (Å²) in [7, 11) is 0. The highest BCUT2D eigenvalue weighted by Gasteiger charge is 2.35. The molecule has 1 aromatic rings. The molecule has 126 valence electrons. The van der Waals surface area contributed by atoms with Crippen molar-refractivity contribution in [2.24, 2.45) is 5.41 Å². The summed E-state index contributed by atoms with van der Waals surface area (Å²) >= 11 is 1.62. The van der Waals surface area contributed by atoms with Crippen LogP contribution >= 0.6 is 11.8 Å². The standard InChI is InChI=1S/C16H24N4O2S/c1-11-17-6-5-12(19-11)8-18-15(22)13-9-23-10-20(13)14(21)7-16(2,3)4/h5-6,13H,7-10H2,1-4H3,(H,18,22)/t13-/m0/s1. The lowest BCUT2D eigenvalue weighted by atomic mass is 9.91. The molecule has 2 amide bonds. The first-order valence-corrected chi connectivity index (χ1v) is 8.85. The highest BCUT2D eigenvalue weighted by atomic mass is 32.2. The van der Waals surface area contributed by atoms with Gasteiger partial charge >= 0.3 is 0 Å². The Balaban J connectivity index is 1.94. The molecule has 0 radical (unpaired) electrons. The number of carbonyl (C=O) groups is 2. The summed E-state index contributed by atoms with van der Waals surface area (Å²) in [5, 5.41) is 2.88. The topological polar surface area (TPSA) is 75.2 Å². The van der Waals surface area contributed by atoms with E-state index in [4.69, 9.17) is 0 Å². The van der Waals surface area contributed by atoms with Crippen molar-refractivity contribution in [1.82, 2.24) is 20.2 Å². The molecule has 0 aliphatic carbocycles. The molecule has 1 atom stereocenters. The van der Waals surface area contributed by atoms with E-state index in [1.165, 1.54) is 0 Å². The minimum atomic E-state index is -0.391. The number of carbonyl (C=O) groups excluding carboxylic acids is 2. The predicted octanol–water partition coefficient (Wildman–Crippen LogP) is 1.74. The summed E-state index contributed by atoms with van der Waals surface area (Å²) in [6, 6.07) is 1.39. The normalized spacial score (nSPS) is 18.1. The van der Waals surface area contributed by atoms with E-state index in [1.807, 2.05) is 27.7 Å². The van der Waals surface area contributed by atoms with Gasteiger partial charge in [0.15, 0.2) is 0 Å². The molecule has 1 saturated heterocycles. The first-order valence-electron chi connectivity index (χ1n) is 7.70. The minimum absolute atomic E-state index is 0.0422. The third-order valence-corrected chi connectivity index (χ3v) is 4.48. The molecule has 2 heterocycles. The molecule has 23 heavy (non-hydrogen) atoms. The van der Waals surface area contributed by atoms with Crippen molar-refractivity contribution in [3.05, 3.63) is 23.8 Å². The molecule has 1 aliphatic heterocycles. The van der Waals surface area contributed by atoms with E-state index in [1.54, 1.807) is 28.9 Å². The van der Waals surface area contributed by atoms with Crippen molar-refractivity contribution in [3.63, 3.8) is 0 Å². The second kappa shape index (κ2) is 7.29. The average Bonchev–Trinajstić information content (AvgIpc) is 2.92. The van der Waals surface area contributed by atoms with Crippen LogP contribution in [-0.2, 0) is 16.1 Å². The predicted molar refractivity (Wildman–Crippen MR) is 90.6 cm³/mol. The van der Waals surface area contributed by atoms with Crippen molar-refractivity contribution in [1.29, 1.82) is 0 Å². The largest absolute Gasteiger partial charge is 0.349 e. The van der Waals surface area contributed by atoms with Crippen LogP contribution in [0.1, 0.15) is 38.7 Å². The third kappa shape index (κ3) is 5.20. The van der Waals surface area contributed by atoms with Gasteiger partial charge in [-0.3, -0.25) is 9.59 Å². The van der Waals surface area contributed by atoms with Gasteiger partial charge in [0.05, 0.1) is 18.1 Å². The summed E-state index contributed by atoms with van der Waals surface area (Å²) in [6.07, 6.45) is 2.12. The molecule has 0 unspecified atom stereocenters. The van der Waals surface area contributed by atoms with Crippen LogP contribution in [-0.4, -0.2) is 44.4 Å². The average molecular weight is 336 g/mol. The molecular weight excluding hydrogens is 312 g/mol. The highest BCUT2D eigenvalue weighted by Crippen LogP contribution is 2.26. The molecule has 1 N–H and O–H groups in total. The lowest BCUT2D eigenvalue weighted by molar-refractivity contribution is -0.139. The van der Waals surface area contributed by atoms with Gasteiger partial charge in [-0.15, -0.1) is 11.8 Å². The number of thioether (sulfide) groups is 1. The Labute approximate surface area is 141 Å². The Hall–Kier alpha value is -1.63. The molecule has 1 fully saturated rings. The number of nitrogens with zero attached hydrogens (tertiary/aromatic N) is 3. The van der Waals surface area contributed by atoms with Crippen LogP contribution in [0.25, 0.3) is 0 Å². The first kappa shape index (κ1) is 17.7. The molecule has 2 rings (SSSR count). The Morgan fingerprint density at radius 3 is 2.83 bits per heavy atom. The van der Waals surface area contributed by atoms with Crippen LogP contribution in [0.5, 0.6) is 0 Å². The van der Waals surface area contributed by atoms with E-state index in [-0.39, 0.29) is 17.2 Å². The van der Waals surface area contributed by atoms with Crippen LogP contribution in [0.2, 0.25) is 0 Å². The first-order chi connectivity index (χ1) is 10.8. The second-order valence-electron chi connectivity index (χ2n) is 6.93. The Morgan fingerprint density at radius 2 is 2.17 bits per heavy atom. The minimum Gasteiger partial charge on any atom is -0.349 e. The smallest absolute Gasteiger partial charge is 0.244 e. The molecule has 1 aromatic heterocycles. The van der Waals surface area contributed by atoms with Crippen LogP contribution < -0.4 is 5.32 Å². The van der Waals surface area contributed by atoms with Crippen molar-refractivity contribution in [3.8, 4) is 0 Å². The maximum absolute atomic E-state index is 12.4. The van der Waals surface area contributed by atoms with Gasteiger partial charge in [0, 0.05) is 18.4 Å². The Kier molecular flexibility index (Phi) is 5.62. The fourth-order valence-corrected chi connectivity index (χ4v) is 3.54. The summed E-state index contributed by atoms with van der Waals surface area (Å²) in [5.41, 5.74) is 0.688. The van der Waals surface area contributed by atoms with Crippen LogP contribution in [0.15, 0.2) is 12.3 Å². The lowest BCUT2D eigenvalue weighted by Gasteiger charge is -2.26. The Morgan fingerprint density at radius 1 is 1.43 bits per heavy atom. The fraction of sp³-hybridized carbons (Fsp3) is 0.625. The summed E-state index contributed by atoms with van der Waals surface area (Å²) in [6.45, 7) is 8.25. The van der Waals surface area contributed by atoms with Gasteiger partial charge in [-0.05, 0) is 18.4 Å². The molecular formula is C16H24N4O2S. The van der Waals surface area contributed by atoms with Crippen LogP contribution in [0, 0.1) is 12.3 Å². The molecule has 0 saturated carbocycles. The van der Waals surface area contributed by atoms with Crippen LogP contribution in [0.3, 0.4) is 0 Å². The number of hydrogen-bond donors (Lipinski definition) is 1. The van der Waals surface area contributed by atoms with Gasteiger partial charge in [0.2, 0.25) is 11.8 Å². The lowest BCUT2D eigenvalue weighted by Crippen LogP contribution is -2.47. The van der Waals surface area contributed by atoms with Gasteiger partial charge in [-0.1, -0.05) is 20.8 Å². The van der Waals surface area contributed by atoms with Gasteiger partial charge in [-0.25, -0.2) is 9.97 Å². The summed E-state index contributed by atoms with van der Waals surface area (Å²) < 4.78 is 0. The maximum atomic E-state index is 12.4. The number of hydrogen-bond acceptors (Lipinski definition) is 5. The highest BCUT2D eigenvalue weighted by molar-refractivity contribution is 7.99. The maximum Gasteiger partial charge on any atom is 0.244 e. The summed E-state index contributed by atoms with van der Waals surface area (Å²) in [4.78, 5) is 34.8. The molecule has 0 spiro atoms. The summed E-state index contributed by atoms with van der Waals surface area (Å²) in [5.74, 6) is 1.83. The number of rotatable bonds is 4.